The molecule has 2 heterocycles. The van der Waals surface area contributed by atoms with Gasteiger partial charge in [0.25, 0.3) is 11.1 Å². The van der Waals surface area contributed by atoms with Gasteiger partial charge in [0.15, 0.2) is 0 Å². The molecule has 0 bridgehead atoms. The molecule has 174 valence electrons. The molecule has 5 nitrogen and oxygen atoms in total. The highest BCUT2D eigenvalue weighted by molar-refractivity contribution is 5.94. The van der Waals surface area contributed by atoms with Gasteiger partial charge < -0.3 is 4.57 Å². The minimum atomic E-state index is -0.164. The molecule has 0 radical (unpaired) electrons. The highest BCUT2D eigenvalue weighted by Gasteiger charge is 2.19. The lowest BCUT2D eigenvalue weighted by Crippen LogP contribution is -2.25. The molecule has 0 amide bonds. The van der Waals surface area contributed by atoms with E-state index < -0.39 is 0 Å². The Hall–Kier alpha value is -4.77. The second-order valence-electron chi connectivity index (χ2n) is 8.86. The predicted molar refractivity (Wildman–Crippen MR) is 145 cm³/mol. The molecule has 2 aromatic heterocycles. The van der Waals surface area contributed by atoms with E-state index in [1.165, 1.54) is 0 Å². The third-order valence-corrected chi connectivity index (χ3v) is 6.58. The van der Waals surface area contributed by atoms with Gasteiger partial charge in [-0.05, 0) is 42.3 Å². The van der Waals surface area contributed by atoms with E-state index in [4.69, 9.17) is 4.98 Å². The van der Waals surface area contributed by atoms with Crippen LogP contribution in [0.2, 0.25) is 0 Å². The number of pyridine rings is 1. The molecule has 0 unspecified atom stereocenters. The van der Waals surface area contributed by atoms with Crippen LogP contribution < -0.4 is 11.1 Å². The fourth-order valence-electron chi connectivity index (χ4n) is 4.80. The van der Waals surface area contributed by atoms with Crippen LogP contribution in [0.3, 0.4) is 0 Å². The van der Waals surface area contributed by atoms with E-state index in [0.717, 1.165) is 27.7 Å². The van der Waals surface area contributed by atoms with Crippen molar-refractivity contribution in [1.29, 1.82) is 0 Å². The Kier molecular flexibility index (Phi) is 5.30. The number of hydrogen-bond donors (Lipinski definition) is 0. The number of hydrogen-bond acceptors (Lipinski definition) is 3. The SMILES string of the molecule is Cc1ccccc1-n1c(-c2cc(=O)n(Cc3ccccc3)c3ccccc23)nc2ccccc2c1=O. The van der Waals surface area contributed by atoms with Crippen molar-refractivity contribution in [3.63, 3.8) is 0 Å². The minimum absolute atomic E-state index is 0.147. The molecular weight excluding hydrogens is 446 g/mol. The van der Waals surface area contributed by atoms with Gasteiger partial charge in [-0.25, -0.2) is 4.98 Å². The summed E-state index contributed by atoms with van der Waals surface area (Å²) in [5, 5.41) is 1.39. The molecule has 4 aromatic carbocycles. The molecule has 0 fully saturated rings. The van der Waals surface area contributed by atoms with Crippen molar-refractivity contribution in [2.75, 3.05) is 0 Å². The normalized spacial score (nSPS) is 11.2. The Balaban J connectivity index is 1.70. The van der Waals surface area contributed by atoms with Gasteiger partial charge in [0.1, 0.15) is 5.82 Å². The van der Waals surface area contributed by atoms with Gasteiger partial charge in [0, 0.05) is 17.0 Å². The predicted octanol–water partition coefficient (Wildman–Crippen LogP) is 5.72. The van der Waals surface area contributed by atoms with E-state index in [1.54, 1.807) is 21.3 Å². The summed E-state index contributed by atoms with van der Waals surface area (Å²) in [4.78, 5) is 32.3. The Morgan fingerprint density at radius 1 is 0.722 bits per heavy atom. The highest BCUT2D eigenvalue weighted by Crippen LogP contribution is 2.29. The molecule has 0 saturated heterocycles. The van der Waals surface area contributed by atoms with Crippen molar-refractivity contribution in [1.82, 2.24) is 14.1 Å². The second kappa shape index (κ2) is 8.78. The second-order valence-corrected chi connectivity index (χ2v) is 8.86. The van der Waals surface area contributed by atoms with Crippen LogP contribution >= 0.6 is 0 Å². The maximum atomic E-state index is 13.8. The zero-order valence-electron chi connectivity index (χ0n) is 19.8. The maximum absolute atomic E-state index is 13.8. The third-order valence-electron chi connectivity index (χ3n) is 6.58. The van der Waals surface area contributed by atoms with Gasteiger partial charge in [-0.3, -0.25) is 14.2 Å². The molecule has 0 aliphatic rings. The Morgan fingerprint density at radius 2 is 1.39 bits per heavy atom. The number of rotatable bonds is 4. The van der Waals surface area contributed by atoms with E-state index >= 15 is 0 Å². The minimum Gasteiger partial charge on any atom is -0.304 e. The first kappa shape index (κ1) is 21.7. The zero-order valence-corrected chi connectivity index (χ0v) is 19.8. The van der Waals surface area contributed by atoms with Crippen LogP contribution in [0.15, 0.2) is 119 Å². The van der Waals surface area contributed by atoms with Gasteiger partial charge in [0.2, 0.25) is 0 Å². The quantitative estimate of drug-likeness (QED) is 0.332. The van der Waals surface area contributed by atoms with E-state index in [-0.39, 0.29) is 11.1 Å². The number of aromatic nitrogens is 3. The molecule has 0 aliphatic carbocycles. The molecule has 0 saturated carbocycles. The lowest BCUT2D eigenvalue weighted by atomic mass is 10.1. The van der Waals surface area contributed by atoms with Crippen molar-refractivity contribution >= 4 is 21.8 Å². The van der Waals surface area contributed by atoms with Crippen molar-refractivity contribution in [3.05, 3.63) is 141 Å². The number of para-hydroxylation sites is 3. The van der Waals surface area contributed by atoms with Crippen LogP contribution in [0, 0.1) is 6.92 Å². The molecule has 5 heteroatoms. The molecule has 36 heavy (non-hydrogen) atoms. The summed E-state index contributed by atoms with van der Waals surface area (Å²) in [6.07, 6.45) is 0. The summed E-state index contributed by atoms with van der Waals surface area (Å²) >= 11 is 0. The number of nitrogens with zero attached hydrogens (tertiary/aromatic N) is 3. The summed E-state index contributed by atoms with van der Waals surface area (Å²) in [5.74, 6) is 0.452. The molecule has 6 rings (SSSR count). The molecule has 6 aromatic rings. The summed E-state index contributed by atoms with van der Waals surface area (Å²) < 4.78 is 3.41. The Labute approximate surface area is 207 Å². The molecular formula is C31H23N3O2. The first-order valence-electron chi connectivity index (χ1n) is 11.9. The Morgan fingerprint density at radius 3 is 2.19 bits per heavy atom. The third kappa shape index (κ3) is 3.62. The largest absolute Gasteiger partial charge is 0.304 e. The number of fused-ring (bicyclic) bond motifs is 2. The number of benzene rings is 4. The topological polar surface area (TPSA) is 56.9 Å². The summed E-state index contributed by atoms with van der Waals surface area (Å²) in [5.41, 5.74) is 4.44. The van der Waals surface area contributed by atoms with Crippen LogP contribution in [-0.4, -0.2) is 14.1 Å². The first-order valence-corrected chi connectivity index (χ1v) is 11.9. The molecule has 0 aliphatic heterocycles. The maximum Gasteiger partial charge on any atom is 0.266 e. The standard InChI is InChI=1S/C31H23N3O2/c1-21-11-5-9-17-27(21)34-30(32-26-16-8-6-15-24(26)31(34)36)25-19-29(35)33(20-22-12-3-2-4-13-22)28-18-10-7-14-23(25)28/h2-19H,20H2,1H3. The smallest absolute Gasteiger partial charge is 0.266 e. The van der Waals surface area contributed by atoms with Crippen molar-refractivity contribution < 1.29 is 0 Å². The lowest BCUT2D eigenvalue weighted by molar-refractivity contribution is 0.794. The fraction of sp³-hybridized carbons (Fsp3) is 0.0645. The van der Waals surface area contributed by atoms with Crippen molar-refractivity contribution in [2.24, 2.45) is 0 Å². The van der Waals surface area contributed by atoms with Gasteiger partial charge >= 0.3 is 0 Å². The zero-order chi connectivity index (χ0) is 24.6. The van der Waals surface area contributed by atoms with Crippen LogP contribution in [0.1, 0.15) is 11.1 Å². The Bertz CT molecular complexity index is 1870. The van der Waals surface area contributed by atoms with Gasteiger partial charge in [0.05, 0.1) is 28.7 Å². The monoisotopic (exact) mass is 469 g/mol. The van der Waals surface area contributed by atoms with E-state index in [0.29, 0.717) is 28.8 Å². The molecule has 0 N–H and O–H groups in total. The summed E-state index contributed by atoms with van der Waals surface area (Å²) in [7, 11) is 0. The van der Waals surface area contributed by atoms with Crippen LogP contribution in [0.4, 0.5) is 0 Å². The number of aryl methyl sites for hydroxylation is 1. The van der Waals surface area contributed by atoms with Gasteiger partial charge in [-0.15, -0.1) is 0 Å². The van der Waals surface area contributed by atoms with Crippen molar-refractivity contribution in [3.8, 4) is 17.1 Å². The van der Waals surface area contributed by atoms with Crippen LogP contribution in [0.25, 0.3) is 38.9 Å². The van der Waals surface area contributed by atoms with Gasteiger partial charge in [-0.2, -0.15) is 0 Å². The summed E-state index contributed by atoms with van der Waals surface area (Å²) in [6.45, 7) is 2.42. The average Bonchev–Trinajstić information content (AvgIpc) is 2.91. The van der Waals surface area contributed by atoms with E-state index in [2.05, 4.69) is 0 Å². The van der Waals surface area contributed by atoms with E-state index in [1.807, 2.05) is 104 Å². The van der Waals surface area contributed by atoms with Crippen molar-refractivity contribution in [2.45, 2.75) is 13.5 Å². The van der Waals surface area contributed by atoms with E-state index in [9.17, 15) is 9.59 Å². The van der Waals surface area contributed by atoms with Crippen LogP contribution in [-0.2, 0) is 6.54 Å². The lowest BCUT2D eigenvalue weighted by Gasteiger charge is -2.18. The fourth-order valence-corrected chi connectivity index (χ4v) is 4.80. The highest BCUT2D eigenvalue weighted by atomic mass is 16.1. The molecule has 0 atom stereocenters. The molecule has 0 spiro atoms. The van der Waals surface area contributed by atoms with Gasteiger partial charge in [-0.1, -0.05) is 78.9 Å². The van der Waals surface area contributed by atoms with Crippen LogP contribution in [0.5, 0.6) is 0 Å². The average molecular weight is 470 g/mol. The summed E-state index contributed by atoms with van der Waals surface area (Å²) in [6, 6.07) is 34.4. The first-order chi connectivity index (χ1) is 17.6.